The number of alkyl halides is 1. The fourth-order valence-corrected chi connectivity index (χ4v) is 1.48. The van der Waals surface area contributed by atoms with Gasteiger partial charge < -0.3 is 5.32 Å². The number of nitrogens with one attached hydrogen (secondary N) is 1. The number of benzene rings is 1. The number of hydrogen-bond donors (Lipinski definition) is 1. The van der Waals surface area contributed by atoms with Crippen molar-refractivity contribution >= 4 is 27.3 Å². The Bertz CT molecular complexity index is 353. The third-order valence-electron chi connectivity index (χ3n) is 1.77. The van der Waals surface area contributed by atoms with Crippen LogP contribution in [0.4, 0.5) is 11.4 Å². The van der Waals surface area contributed by atoms with Gasteiger partial charge >= 0.3 is 0 Å². The normalized spacial score (nSPS) is 12.2. The minimum Gasteiger partial charge on any atom is -0.367 e. The Morgan fingerprint density at radius 2 is 2.21 bits per heavy atom. The van der Waals surface area contributed by atoms with Crippen molar-refractivity contribution in [3.63, 3.8) is 0 Å². The molecule has 14 heavy (non-hydrogen) atoms. The van der Waals surface area contributed by atoms with Crippen molar-refractivity contribution in [3.8, 4) is 0 Å². The van der Waals surface area contributed by atoms with Gasteiger partial charge in [0.05, 0.1) is 9.87 Å². The standard InChI is InChI=1S/C9H11BrN2O2/c1-6-4-3-5-8(11-7(2)10)9(6)12(13)14/h3-5,7,11H,1-2H3. The minimum atomic E-state index is -0.368. The molecule has 0 aliphatic heterocycles. The highest BCUT2D eigenvalue weighted by atomic mass is 79.9. The van der Waals surface area contributed by atoms with Crippen LogP contribution in [0.25, 0.3) is 0 Å². The van der Waals surface area contributed by atoms with E-state index in [2.05, 4.69) is 21.2 Å². The van der Waals surface area contributed by atoms with Crippen molar-refractivity contribution in [3.05, 3.63) is 33.9 Å². The predicted octanol–water partition coefficient (Wildman–Crippen LogP) is 3.06. The Labute approximate surface area is 90.6 Å². The number of rotatable bonds is 3. The molecule has 0 heterocycles. The second-order valence-electron chi connectivity index (χ2n) is 2.99. The van der Waals surface area contributed by atoms with Crippen LogP contribution >= 0.6 is 15.9 Å². The summed E-state index contributed by atoms with van der Waals surface area (Å²) in [6.07, 6.45) is 0. The smallest absolute Gasteiger partial charge is 0.295 e. The topological polar surface area (TPSA) is 55.2 Å². The second-order valence-corrected chi connectivity index (χ2v) is 4.36. The minimum absolute atomic E-state index is 0.00278. The van der Waals surface area contributed by atoms with Gasteiger partial charge in [-0.25, -0.2) is 0 Å². The van der Waals surface area contributed by atoms with E-state index in [1.807, 2.05) is 6.92 Å². The van der Waals surface area contributed by atoms with Gasteiger partial charge in [-0.1, -0.05) is 28.1 Å². The molecule has 1 rings (SSSR count). The summed E-state index contributed by atoms with van der Waals surface area (Å²) in [7, 11) is 0. The van der Waals surface area contributed by atoms with Gasteiger partial charge in [-0.15, -0.1) is 0 Å². The number of nitro groups is 1. The lowest BCUT2D eigenvalue weighted by Gasteiger charge is -2.09. The molecule has 0 radical (unpaired) electrons. The first-order valence-corrected chi connectivity index (χ1v) is 5.08. The Balaban J connectivity index is 3.14. The van der Waals surface area contributed by atoms with Crippen molar-refractivity contribution in [1.82, 2.24) is 0 Å². The van der Waals surface area contributed by atoms with Gasteiger partial charge in [0.25, 0.3) is 5.69 Å². The molecule has 1 aromatic rings. The van der Waals surface area contributed by atoms with Gasteiger partial charge in [0, 0.05) is 5.56 Å². The summed E-state index contributed by atoms with van der Waals surface area (Å²) in [5.41, 5.74) is 1.34. The summed E-state index contributed by atoms with van der Waals surface area (Å²) >= 11 is 3.29. The van der Waals surface area contributed by atoms with E-state index in [9.17, 15) is 10.1 Å². The first kappa shape index (κ1) is 11.0. The van der Waals surface area contributed by atoms with Crippen molar-refractivity contribution in [2.45, 2.75) is 18.8 Å². The molecular weight excluding hydrogens is 248 g/mol. The maximum atomic E-state index is 10.8. The number of hydrogen-bond acceptors (Lipinski definition) is 3. The molecule has 0 saturated heterocycles. The van der Waals surface area contributed by atoms with Gasteiger partial charge in [0.2, 0.25) is 0 Å². The summed E-state index contributed by atoms with van der Waals surface area (Å²) in [5, 5.41) is 13.7. The molecule has 0 saturated carbocycles. The van der Waals surface area contributed by atoms with Gasteiger partial charge in [0.15, 0.2) is 0 Å². The average Bonchev–Trinajstić information content (AvgIpc) is 2.01. The molecule has 1 unspecified atom stereocenters. The number of nitro benzene ring substituents is 1. The largest absolute Gasteiger partial charge is 0.367 e. The van der Waals surface area contributed by atoms with E-state index in [0.717, 1.165) is 0 Å². The zero-order valence-electron chi connectivity index (χ0n) is 7.95. The summed E-state index contributed by atoms with van der Waals surface area (Å²) in [6.45, 7) is 3.59. The lowest BCUT2D eigenvalue weighted by molar-refractivity contribution is -0.384. The highest BCUT2D eigenvalue weighted by Gasteiger charge is 2.16. The Hall–Kier alpha value is -1.10. The molecule has 0 aliphatic carbocycles. The van der Waals surface area contributed by atoms with Crippen LogP contribution in [0.2, 0.25) is 0 Å². The Morgan fingerprint density at radius 1 is 1.57 bits per heavy atom. The zero-order valence-corrected chi connectivity index (χ0v) is 9.54. The molecule has 1 N–H and O–H groups in total. The van der Waals surface area contributed by atoms with E-state index in [-0.39, 0.29) is 15.6 Å². The van der Waals surface area contributed by atoms with Crippen molar-refractivity contribution in [1.29, 1.82) is 0 Å². The third-order valence-corrected chi connectivity index (χ3v) is 2.00. The molecule has 0 amide bonds. The molecule has 4 nitrogen and oxygen atoms in total. The van der Waals surface area contributed by atoms with Gasteiger partial charge in [0.1, 0.15) is 5.69 Å². The maximum Gasteiger partial charge on any atom is 0.295 e. The molecule has 5 heteroatoms. The molecule has 0 fully saturated rings. The Morgan fingerprint density at radius 3 is 2.71 bits per heavy atom. The van der Waals surface area contributed by atoms with Gasteiger partial charge in [-0.05, 0) is 19.9 Å². The second kappa shape index (κ2) is 4.41. The summed E-state index contributed by atoms with van der Waals surface area (Å²) < 4.78 is 0. The van der Waals surface area contributed by atoms with E-state index in [1.54, 1.807) is 25.1 Å². The predicted molar refractivity (Wildman–Crippen MR) is 59.8 cm³/mol. The van der Waals surface area contributed by atoms with E-state index in [1.165, 1.54) is 0 Å². The SMILES string of the molecule is Cc1cccc(NC(C)Br)c1[N+](=O)[O-]. The number of para-hydroxylation sites is 1. The zero-order chi connectivity index (χ0) is 10.7. The van der Waals surface area contributed by atoms with Crippen LogP contribution < -0.4 is 5.32 Å². The molecule has 0 aliphatic rings. The van der Waals surface area contributed by atoms with Crippen molar-refractivity contribution in [2.75, 3.05) is 5.32 Å². The molecule has 76 valence electrons. The number of halogens is 1. The van der Waals surface area contributed by atoms with Crippen LogP contribution in [0.5, 0.6) is 0 Å². The van der Waals surface area contributed by atoms with E-state index in [0.29, 0.717) is 11.3 Å². The fraction of sp³-hybridized carbons (Fsp3) is 0.333. The van der Waals surface area contributed by atoms with Gasteiger partial charge in [-0.3, -0.25) is 10.1 Å². The van der Waals surface area contributed by atoms with E-state index >= 15 is 0 Å². The van der Waals surface area contributed by atoms with Crippen LogP contribution in [0, 0.1) is 17.0 Å². The van der Waals surface area contributed by atoms with Crippen molar-refractivity contribution in [2.24, 2.45) is 0 Å². The van der Waals surface area contributed by atoms with Crippen LogP contribution in [0.15, 0.2) is 18.2 Å². The molecule has 0 spiro atoms. The molecule has 0 aromatic heterocycles. The highest BCUT2D eigenvalue weighted by molar-refractivity contribution is 9.09. The molecule has 0 bridgehead atoms. The lowest BCUT2D eigenvalue weighted by atomic mass is 10.1. The van der Waals surface area contributed by atoms with Gasteiger partial charge in [-0.2, -0.15) is 0 Å². The lowest BCUT2D eigenvalue weighted by Crippen LogP contribution is -2.08. The molecular formula is C9H11BrN2O2. The third kappa shape index (κ3) is 2.45. The number of aryl methyl sites for hydroxylation is 1. The fourth-order valence-electron chi connectivity index (χ4n) is 1.23. The van der Waals surface area contributed by atoms with Crippen molar-refractivity contribution < 1.29 is 4.92 Å². The van der Waals surface area contributed by atoms with Crippen LogP contribution in [-0.2, 0) is 0 Å². The molecule has 1 aromatic carbocycles. The van der Waals surface area contributed by atoms with E-state index in [4.69, 9.17) is 0 Å². The monoisotopic (exact) mass is 258 g/mol. The Kier molecular flexibility index (Phi) is 3.46. The number of nitrogens with zero attached hydrogens (tertiary/aromatic N) is 1. The van der Waals surface area contributed by atoms with E-state index < -0.39 is 0 Å². The quantitative estimate of drug-likeness (QED) is 0.393. The number of anilines is 1. The first-order valence-electron chi connectivity index (χ1n) is 4.17. The average molecular weight is 259 g/mol. The molecule has 1 atom stereocenters. The first-order chi connectivity index (χ1) is 6.52. The highest BCUT2D eigenvalue weighted by Crippen LogP contribution is 2.28. The van der Waals surface area contributed by atoms with Crippen LogP contribution in [0.1, 0.15) is 12.5 Å². The summed E-state index contributed by atoms with van der Waals surface area (Å²) in [5.74, 6) is 0. The maximum absolute atomic E-state index is 10.8. The van der Waals surface area contributed by atoms with Crippen LogP contribution in [0.3, 0.4) is 0 Å². The summed E-state index contributed by atoms with van der Waals surface area (Å²) in [6, 6.07) is 5.21. The van der Waals surface area contributed by atoms with Crippen LogP contribution in [-0.4, -0.2) is 9.87 Å². The summed E-state index contributed by atoms with van der Waals surface area (Å²) in [4.78, 5) is 10.4.